The molecule has 1 aliphatic carbocycles. The third kappa shape index (κ3) is 8.89. The molecule has 0 radical (unpaired) electrons. The van der Waals surface area contributed by atoms with Crippen LogP contribution in [-0.4, -0.2) is 65.4 Å². The Morgan fingerprint density at radius 1 is 0.953 bits per heavy atom. The predicted molar refractivity (Wildman–Crippen MR) is 163 cm³/mol. The molecule has 234 valence electrons. The monoisotopic (exact) mass is 594 g/mol. The lowest BCUT2D eigenvalue weighted by Gasteiger charge is -2.31. The topological polar surface area (TPSA) is 160 Å². The van der Waals surface area contributed by atoms with Gasteiger partial charge in [0.2, 0.25) is 17.6 Å². The van der Waals surface area contributed by atoms with E-state index < -0.39 is 23.9 Å². The average Bonchev–Trinajstić information content (AvgIpc) is 3.59. The fourth-order valence-electron chi connectivity index (χ4n) is 5.98. The van der Waals surface area contributed by atoms with E-state index in [4.69, 9.17) is 10.3 Å². The van der Waals surface area contributed by atoms with E-state index >= 15 is 0 Å². The highest BCUT2D eigenvalue weighted by atomic mass is 16.5. The Bertz CT molecular complexity index is 1200. The van der Waals surface area contributed by atoms with E-state index in [-0.39, 0.29) is 23.5 Å². The molecule has 11 nitrogen and oxygen atoms in total. The number of nitrogens with zero attached hydrogens (tertiary/aromatic N) is 2. The first-order valence-corrected chi connectivity index (χ1v) is 15.7. The van der Waals surface area contributed by atoms with Crippen LogP contribution in [0.5, 0.6) is 0 Å². The van der Waals surface area contributed by atoms with Gasteiger partial charge in [-0.05, 0) is 67.8 Å². The van der Waals surface area contributed by atoms with Crippen LogP contribution < -0.4 is 21.7 Å². The second kappa shape index (κ2) is 15.7. The average molecular weight is 595 g/mol. The zero-order chi connectivity index (χ0) is 30.8. The van der Waals surface area contributed by atoms with Gasteiger partial charge >= 0.3 is 0 Å². The standard InChI is InChI=1S/C32H46N6O5/c1-3-21(2)28(31(41)35-25-11-9-24(10-12-25)32(42)38-17-14-23(20-33)15-18-38)37-29(39)26(19-22-7-5-4-6-8-22)36-30(40)27-13-16-34-43-27/h9-13,16,21-23,26,28H,3-8,14-15,17-20,33H2,1-2H3,(H,35,41)(H,36,40)(H,37,39)/t21-,26-,28-/m0/s1. The van der Waals surface area contributed by atoms with E-state index in [1.807, 2.05) is 18.7 Å². The van der Waals surface area contributed by atoms with Crippen molar-refractivity contribution in [1.82, 2.24) is 20.7 Å². The van der Waals surface area contributed by atoms with Gasteiger partial charge in [-0.2, -0.15) is 0 Å². The fraction of sp³-hybridized carbons (Fsp3) is 0.594. The van der Waals surface area contributed by atoms with Gasteiger partial charge in [0.05, 0.1) is 6.20 Å². The maximum Gasteiger partial charge on any atom is 0.290 e. The Labute approximate surface area is 253 Å². The van der Waals surface area contributed by atoms with E-state index in [0.29, 0.717) is 55.6 Å². The lowest BCUT2D eigenvalue weighted by molar-refractivity contribution is -0.129. The van der Waals surface area contributed by atoms with Crippen LogP contribution in [0.1, 0.15) is 92.5 Å². The number of piperidine rings is 1. The Morgan fingerprint density at radius 3 is 2.26 bits per heavy atom. The molecule has 2 aliphatic rings. The van der Waals surface area contributed by atoms with E-state index in [1.54, 1.807) is 24.3 Å². The van der Waals surface area contributed by atoms with E-state index in [0.717, 1.165) is 38.5 Å². The van der Waals surface area contributed by atoms with Crippen molar-refractivity contribution in [1.29, 1.82) is 0 Å². The van der Waals surface area contributed by atoms with Crippen molar-refractivity contribution in [3.05, 3.63) is 47.9 Å². The number of nitrogens with one attached hydrogen (secondary N) is 3. The number of benzene rings is 1. The third-order valence-corrected chi connectivity index (χ3v) is 9.00. The van der Waals surface area contributed by atoms with E-state index in [1.165, 1.54) is 18.7 Å². The first-order chi connectivity index (χ1) is 20.8. The largest absolute Gasteiger partial charge is 0.351 e. The van der Waals surface area contributed by atoms with Crippen LogP contribution in [-0.2, 0) is 9.59 Å². The normalized spacial score (nSPS) is 18.3. The van der Waals surface area contributed by atoms with Crippen LogP contribution in [0, 0.1) is 17.8 Å². The molecule has 0 bridgehead atoms. The molecule has 1 saturated carbocycles. The van der Waals surface area contributed by atoms with Crippen LogP contribution in [0.15, 0.2) is 41.1 Å². The maximum atomic E-state index is 13.6. The zero-order valence-electron chi connectivity index (χ0n) is 25.3. The number of carbonyl (C=O) groups excluding carboxylic acids is 4. The van der Waals surface area contributed by atoms with Gasteiger partial charge in [-0.3, -0.25) is 19.2 Å². The number of hydrogen-bond donors (Lipinski definition) is 4. The smallest absolute Gasteiger partial charge is 0.290 e. The maximum absolute atomic E-state index is 13.6. The number of rotatable bonds is 12. The summed E-state index contributed by atoms with van der Waals surface area (Å²) in [5.41, 5.74) is 6.86. The molecular formula is C32H46N6O5. The van der Waals surface area contributed by atoms with Crippen molar-refractivity contribution in [2.24, 2.45) is 23.5 Å². The molecule has 3 atom stereocenters. The summed E-state index contributed by atoms with van der Waals surface area (Å²) in [7, 11) is 0. The number of carbonyl (C=O) groups is 4. The van der Waals surface area contributed by atoms with Crippen molar-refractivity contribution < 1.29 is 23.7 Å². The Balaban J connectivity index is 1.40. The van der Waals surface area contributed by atoms with Crippen molar-refractivity contribution >= 4 is 29.3 Å². The summed E-state index contributed by atoms with van der Waals surface area (Å²) in [5, 5.41) is 12.2. The molecule has 1 aliphatic heterocycles. The van der Waals surface area contributed by atoms with Crippen LogP contribution in [0.4, 0.5) is 5.69 Å². The van der Waals surface area contributed by atoms with Crippen LogP contribution in [0.3, 0.4) is 0 Å². The summed E-state index contributed by atoms with van der Waals surface area (Å²) in [6.07, 6.45) is 9.72. The summed E-state index contributed by atoms with van der Waals surface area (Å²) in [6.45, 7) is 5.89. The summed E-state index contributed by atoms with van der Waals surface area (Å²) in [4.78, 5) is 54.7. The van der Waals surface area contributed by atoms with Gasteiger partial charge in [0.15, 0.2) is 0 Å². The molecule has 1 aromatic carbocycles. The molecule has 1 saturated heterocycles. The van der Waals surface area contributed by atoms with E-state index in [2.05, 4.69) is 21.1 Å². The zero-order valence-corrected chi connectivity index (χ0v) is 25.3. The fourth-order valence-corrected chi connectivity index (χ4v) is 5.98. The number of anilines is 1. The van der Waals surface area contributed by atoms with Crippen molar-refractivity contribution in [3.63, 3.8) is 0 Å². The minimum atomic E-state index is -0.821. The minimum Gasteiger partial charge on any atom is -0.351 e. The number of hydrogen-bond acceptors (Lipinski definition) is 7. The second-order valence-electron chi connectivity index (χ2n) is 12.1. The van der Waals surface area contributed by atoms with Gasteiger partial charge in [0.1, 0.15) is 12.1 Å². The number of aromatic nitrogens is 1. The molecule has 0 spiro atoms. The number of nitrogens with two attached hydrogens (primary N) is 1. The predicted octanol–water partition coefficient (Wildman–Crippen LogP) is 3.72. The number of likely N-dealkylation sites (tertiary alicyclic amines) is 1. The number of amides is 4. The van der Waals surface area contributed by atoms with Crippen molar-refractivity contribution in [2.75, 3.05) is 25.0 Å². The summed E-state index contributed by atoms with van der Waals surface area (Å²) in [6, 6.07) is 6.64. The Hall–Kier alpha value is -3.73. The van der Waals surface area contributed by atoms with E-state index in [9.17, 15) is 19.2 Å². The van der Waals surface area contributed by atoms with Crippen LogP contribution in [0.25, 0.3) is 0 Å². The highest BCUT2D eigenvalue weighted by Crippen LogP contribution is 2.28. The van der Waals surface area contributed by atoms with Gasteiger partial charge in [-0.15, -0.1) is 0 Å². The second-order valence-corrected chi connectivity index (χ2v) is 12.1. The lowest BCUT2D eigenvalue weighted by atomic mass is 9.84. The molecule has 0 unspecified atom stereocenters. The quantitative estimate of drug-likeness (QED) is 0.291. The van der Waals surface area contributed by atoms with Gasteiger partial charge < -0.3 is 31.1 Å². The van der Waals surface area contributed by atoms with Gasteiger partial charge in [0, 0.05) is 30.4 Å². The third-order valence-electron chi connectivity index (χ3n) is 9.00. The molecule has 2 aromatic rings. The summed E-state index contributed by atoms with van der Waals surface area (Å²) >= 11 is 0. The van der Waals surface area contributed by atoms with Gasteiger partial charge in [-0.1, -0.05) is 57.5 Å². The lowest BCUT2D eigenvalue weighted by Crippen LogP contribution is -2.55. The van der Waals surface area contributed by atoms with Gasteiger partial charge in [0.25, 0.3) is 11.8 Å². The molecule has 1 aromatic heterocycles. The van der Waals surface area contributed by atoms with Crippen molar-refractivity contribution in [3.8, 4) is 0 Å². The van der Waals surface area contributed by atoms with Crippen LogP contribution in [0.2, 0.25) is 0 Å². The van der Waals surface area contributed by atoms with Gasteiger partial charge in [-0.25, -0.2) is 0 Å². The molecule has 4 amide bonds. The summed E-state index contributed by atoms with van der Waals surface area (Å²) in [5.74, 6) is -0.676. The molecule has 43 heavy (non-hydrogen) atoms. The Kier molecular flexibility index (Phi) is 11.7. The first kappa shape index (κ1) is 32.2. The highest BCUT2D eigenvalue weighted by molar-refractivity contribution is 6.00. The summed E-state index contributed by atoms with van der Waals surface area (Å²) < 4.78 is 4.99. The molecule has 2 heterocycles. The van der Waals surface area contributed by atoms with Crippen molar-refractivity contribution in [2.45, 2.75) is 83.7 Å². The first-order valence-electron chi connectivity index (χ1n) is 15.7. The Morgan fingerprint density at radius 2 is 1.65 bits per heavy atom. The molecule has 11 heteroatoms. The molecule has 2 fully saturated rings. The minimum absolute atomic E-state index is 0.0274. The molecular weight excluding hydrogens is 548 g/mol. The van der Waals surface area contributed by atoms with Crippen LogP contribution >= 0.6 is 0 Å². The molecule has 4 rings (SSSR count). The molecule has 5 N–H and O–H groups in total. The SMILES string of the molecule is CC[C@H](C)[C@H](NC(=O)[C@H](CC1CCCCC1)NC(=O)c1ccno1)C(=O)Nc1ccc(C(=O)N2CCC(CN)CC2)cc1. The highest BCUT2D eigenvalue weighted by Gasteiger charge is 2.32.